The number of rotatable bonds is 6. The topological polar surface area (TPSA) is 61.8 Å². The van der Waals surface area contributed by atoms with Crippen molar-refractivity contribution < 1.29 is 14.6 Å². The first-order valence-electron chi connectivity index (χ1n) is 6.93. The van der Waals surface area contributed by atoms with Crippen LogP contribution in [0.15, 0.2) is 12.1 Å². The predicted octanol–water partition coefficient (Wildman–Crippen LogP) is 0.408. The number of amides is 1. The van der Waals surface area contributed by atoms with Crippen molar-refractivity contribution in [3.05, 3.63) is 21.9 Å². The maximum atomic E-state index is 11.8. The van der Waals surface area contributed by atoms with E-state index in [0.29, 0.717) is 19.5 Å². The molecule has 2 rings (SSSR count). The van der Waals surface area contributed by atoms with Gasteiger partial charge < -0.3 is 15.2 Å². The number of β-amino-alcohol motifs (C(OH)–C–C–N with tert-alkyl or cyclic N) is 1. The number of aliphatic hydroxyl groups is 1. The van der Waals surface area contributed by atoms with Gasteiger partial charge in [-0.15, -0.1) is 11.3 Å². The van der Waals surface area contributed by atoms with E-state index in [-0.39, 0.29) is 5.91 Å². The van der Waals surface area contributed by atoms with E-state index in [1.807, 2.05) is 19.1 Å². The number of nitrogens with zero attached hydrogens (tertiary/aromatic N) is 1. The summed E-state index contributed by atoms with van der Waals surface area (Å²) < 4.78 is 5.26. The fourth-order valence-electron chi connectivity index (χ4n) is 2.18. The second-order valence-corrected chi connectivity index (χ2v) is 6.43. The van der Waals surface area contributed by atoms with E-state index in [9.17, 15) is 9.90 Å². The fourth-order valence-corrected chi connectivity index (χ4v) is 3.07. The molecule has 2 heterocycles. The Morgan fingerprint density at radius 3 is 2.90 bits per heavy atom. The first kappa shape index (κ1) is 15.4. The number of morpholine rings is 1. The predicted molar refractivity (Wildman–Crippen MR) is 79.0 cm³/mol. The average Bonchev–Trinajstić information content (AvgIpc) is 2.83. The van der Waals surface area contributed by atoms with Crippen molar-refractivity contribution in [2.24, 2.45) is 0 Å². The number of nitrogens with one attached hydrogen (secondary N) is 1. The molecule has 20 heavy (non-hydrogen) atoms. The van der Waals surface area contributed by atoms with Gasteiger partial charge in [-0.3, -0.25) is 9.69 Å². The zero-order chi connectivity index (χ0) is 14.4. The van der Waals surface area contributed by atoms with Gasteiger partial charge in [0.2, 0.25) is 5.91 Å². The highest BCUT2D eigenvalue weighted by Crippen LogP contribution is 2.15. The zero-order valence-electron chi connectivity index (χ0n) is 11.8. The Balaban J connectivity index is 1.64. The Kier molecular flexibility index (Phi) is 5.97. The van der Waals surface area contributed by atoms with Crippen LogP contribution in [0.3, 0.4) is 0 Å². The Hall–Kier alpha value is -0.950. The molecule has 0 spiro atoms. The second-order valence-electron chi connectivity index (χ2n) is 5.06. The molecule has 0 bridgehead atoms. The van der Waals surface area contributed by atoms with Crippen LogP contribution >= 0.6 is 11.3 Å². The molecule has 1 aromatic heterocycles. The van der Waals surface area contributed by atoms with E-state index >= 15 is 0 Å². The molecule has 5 nitrogen and oxygen atoms in total. The third-order valence-corrected chi connectivity index (χ3v) is 4.24. The molecule has 1 amide bonds. The van der Waals surface area contributed by atoms with Crippen LogP contribution < -0.4 is 5.32 Å². The van der Waals surface area contributed by atoms with E-state index in [0.717, 1.165) is 31.2 Å². The number of thiophene rings is 1. The molecule has 1 aromatic rings. The van der Waals surface area contributed by atoms with Gasteiger partial charge in [-0.25, -0.2) is 0 Å². The summed E-state index contributed by atoms with van der Waals surface area (Å²) in [6.45, 7) is 6.05. The van der Waals surface area contributed by atoms with Crippen LogP contribution in [-0.2, 0) is 16.0 Å². The molecular weight excluding hydrogens is 276 g/mol. The highest BCUT2D eigenvalue weighted by molar-refractivity contribution is 7.12. The summed E-state index contributed by atoms with van der Waals surface area (Å²) in [4.78, 5) is 16.2. The summed E-state index contributed by atoms with van der Waals surface area (Å²) in [5.41, 5.74) is 0. The lowest BCUT2D eigenvalue weighted by Crippen LogP contribution is -2.44. The lowest BCUT2D eigenvalue weighted by atomic mass is 10.2. The molecule has 6 heteroatoms. The van der Waals surface area contributed by atoms with Gasteiger partial charge in [0, 0.05) is 35.9 Å². The van der Waals surface area contributed by atoms with Crippen molar-refractivity contribution in [1.82, 2.24) is 10.2 Å². The normalized spacial score (nSPS) is 17.9. The molecule has 1 fully saturated rings. The molecular formula is C14H22N2O3S. The Bertz CT molecular complexity index is 430. The molecule has 1 saturated heterocycles. The summed E-state index contributed by atoms with van der Waals surface area (Å²) in [6, 6.07) is 3.99. The Labute approximate surface area is 123 Å². The molecule has 0 aromatic carbocycles. The van der Waals surface area contributed by atoms with Crippen molar-refractivity contribution in [3.63, 3.8) is 0 Å². The van der Waals surface area contributed by atoms with Crippen LogP contribution in [0.4, 0.5) is 0 Å². The fraction of sp³-hybridized carbons (Fsp3) is 0.643. The number of aliphatic hydroxyl groups excluding tert-OH is 1. The van der Waals surface area contributed by atoms with Gasteiger partial charge in [0.25, 0.3) is 0 Å². The lowest BCUT2D eigenvalue weighted by molar-refractivity contribution is -0.120. The van der Waals surface area contributed by atoms with Gasteiger partial charge in [0.15, 0.2) is 0 Å². The molecule has 1 atom stereocenters. The summed E-state index contributed by atoms with van der Waals surface area (Å²) in [5.74, 6) is -0.0344. The van der Waals surface area contributed by atoms with Crippen molar-refractivity contribution in [1.29, 1.82) is 0 Å². The Morgan fingerprint density at radius 2 is 2.25 bits per heavy atom. The number of carbonyl (C=O) groups is 1. The van der Waals surface area contributed by atoms with Crippen LogP contribution in [0.25, 0.3) is 0 Å². The number of ether oxygens (including phenoxy) is 1. The maximum Gasteiger partial charge on any atom is 0.225 e. The van der Waals surface area contributed by atoms with Crippen LogP contribution in [0.2, 0.25) is 0 Å². The minimum Gasteiger partial charge on any atom is -0.390 e. The number of aryl methyl sites for hydroxylation is 1. The van der Waals surface area contributed by atoms with Crippen LogP contribution in [0, 0.1) is 6.92 Å². The quantitative estimate of drug-likeness (QED) is 0.798. The first-order valence-corrected chi connectivity index (χ1v) is 7.75. The van der Waals surface area contributed by atoms with Crippen molar-refractivity contribution in [3.8, 4) is 0 Å². The van der Waals surface area contributed by atoms with Crippen molar-refractivity contribution in [2.75, 3.05) is 39.4 Å². The lowest BCUT2D eigenvalue weighted by Gasteiger charge is -2.28. The minimum absolute atomic E-state index is 0.0344. The summed E-state index contributed by atoms with van der Waals surface area (Å²) in [5, 5.41) is 12.7. The molecule has 2 N–H and O–H groups in total. The van der Waals surface area contributed by atoms with Crippen molar-refractivity contribution >= 4 is 17.2 Å². The van der Waals surface area contributed by atoms with Crippen LogP contribution in [0.1, 0.15) is 9.75 Å². The molecule has 0 aliphatic carbocycles. The molecule has 1 unspecified atom stereocenters. The van der Waals surface area contributed by atoms with Crippen LogP contribution in [-0.4, -0.2) is 61.4 Å². The van der Waals surface area contributed by atoms with Gasteiger partial charge in [0.05, 0.1) is 25.7 Å². The summed E-state index contributed by atoms with van der Waals surface area (Å²) >= 11 is 1.63. The van der Waals surface area contributed by atoms with Gasteiger partial charge in [-0.1, -0.05) is 0 Å². The SMILES string of the molecule is Cc1ccc(CC(=O)NCC(O)CN2CCOCC2)s1. The highest BCUT2D eigenvalue weighted by atomic mass is 32.1. The highest BCUT2D eigenvalue weighted by Gasteiger charge is 2.15. The van der Waals surface area contributed by atoms with Gasteiger partial charge in [-0.2, -0.15) is 0 Å². The number of carbonyl (C=O) groups excluding carboxylic acids is 1. The number of hydrogen-bond donors (Lipinski definition) is 2. The molecule has 1 aliphatic heterocycles. The average molecular weight is 298 g/mol. The van der Waals surface area contributed by atoms with E-state index in [1.165, 1.54) is 4.88 Å². The van der Waals surface area contributed by atoms with E-state index in [4.69, 9.17) is 4.74 Å². The zero-order valence-corrected chi connectivity index (χ0v) is 12.6. The number of hydrogen-bond acceptors (Lipinski definition) is 5. The van der Waals surface area contributed by atoms with E-state index < -0.39 is 6.10 Å². The van der Waals surface area contributed by atoms with Crippen molar-refractivity contribution in [2.45, 2.75) is 19.4 Å². The standard InChI is InChI=1S/C14H22N2O3S/c1-11-2-3-13(20-11)8-14(18)15-9-12(17)10-16-4-6-19-7-5-16/h2-3,12,17H,4-10H2,1H3,(H,15,18). The maximum absolute atomic E-state index is 11.8. The summed E-state index contributed by atoms with van der Waals surface area (Å²) in [7, 11) is 0. The largest absolute Gasteiger partial charge is 0.390 e. The van der Waals surface area contributed by atoms with E-state index in [1.54, 1.807) is 11.3 Å². The third-order valence-electron chi connectivity index (χ3n) is 3.24. The van der Waals surface area contributed by atoms with Crippen LogP contribution in [0.5, 0.6) is 0 Å². The summed E-state index contributed by atoms with van der Waals surface area (Å²) in [6.07, 6.45) is -0.134. The van der Waals surface area contributed by atoms with E-state index in [2.05, 4.69) is 10.2 Å². The molecule has 1 aliphatic rings. The minimum atomic E-state index is -0.526. The second kappa shape index (κ2) is 7.73. The first-order chi connectivity index (χ1) is 9.63. The Morgan fingerprint density at radius 1 is 1.50 bits per heavy atom. The molecule has 0 saturated carbocycles. The third kappa shape index (κ3) is 5.20. The smallest absolute Gasteiger partial charge is 0.225 e. The monoisotopic (exact) mass is 298 g/mol. The molecule has 0 radical (unpaired) electrons. The molecule has 112 valence electrons. The van der Waals surface area contributed by atoms with Gasteiger partial charge in [0.1, 0.15) is 0 Å². The van der Waals surface area contributed by atoms with Gasteiger partial charge in [-0.05, 0) is 19.1 Å². The van der Waals surface area contributed by atoms with Gasteiger partial charge >= 0.3 is 0 Å².